The van der Waals surface area contributed by atoms with Gasteiger partial charge in [0.15, 0.2) is 11.6 Å². The Hall–Kier alpha value is -3.71. The molecule has 4 aliphatic rings. The number of thiophene rings is 1. The molecule has 8 rings (SSSR count). The minimum Gasteiger partial charge on any atom is -0.491 e. The van der Waals surface area contributed by atoms with Crippen molar-refractivity contribution in [3.8, 4) is 29.0 Å². The normalized spacial score (nSPS) is 25.5. The minimum atomic E-state index is -2.79. The van der Waals surface area contributed by atoms with Crippen LogP contribution in [0.2, 0.25) is 5.02 Å². The molecule has 4 aromatic rings. The Morgan fingerprint density at radius 3 is 2.85 bits per heavy atom. The molecule has 3 saturated heterocycles. The number of morpholine rings is 1. The Balaban J connectivity index is 1.36. The van der Waals surface area contributed by atoms with Gasteiger partial charge in [0.2, 0.25) is 0 Å². The smallest absolute Gasteiger partial charge is 0.319 e. The number of hydrogen-bond acceptors (Lipinski definition) is 10. The summed E-state index contributed by atoms with van der Waals surface area (Å²) >= 11 is 7.81. The van der Waals surface area contributed by atoms with Gasteiger partial charge in [0.25, 0.3) is 6.43 Å². The summed E-state index contributed by atoms with van der Waals surface area (Å²) in [5.41, 5.74) is 5.05. The largest absolute Gasteiger partial charge is 0.491 e. The molecule has 0 saturated carbocycles. The van der Waals surface area contributed by atoms with Gasteiger partial charge >= 0.3 is 6.01 Å². The van der Waals surface area contributed by atoms with Crippen LogP contribution < -0.4 is 20.1 Å². The van der Waals surface area contributed by atoms with E-state index in [9.17, 15) is 22.8 Å². The second-order valence-electron chi connectivity index (χ2n) is 12.7. The van der Waals surface area contributed by atoms with Gasteiger partial charge in [-0.05, 0) is 31.0 Å². The molecule has 4 atom stereocenters. The van der Waals surface area contributed by atoms with Crippen LogP contribution in [-0.4, -0.2) is 84.6 Å². The molecule has 2 aromatic heterocycles. The molecule has 2 aromatic carbocycles. The van der Waals surface area contributed by atoms with Gasteiger partial charge in [0, 0.05) is 30.3 Å². The summed E-state index contributed by atoms with van der Waals surface area (Å²) < 4.78 is 92.4. The Bertz CT molecular complexity index is 2010. The number of ether oxygens (including phenoxy) is 3. The summed E-state index contributed by atoms with van der Waals surface area (Å²) in [5, 5.41) is 9.88. The highest BCUT2D eigenvalue weighted by Gasteiger charge is 2.49. The maximum atomic E-state index is 17.1. The third-order valence-corrected chi connectivity index (χ3v) is 11.3. The van der Waals surface area contributed by atoms with Crippen LogP contribution in [0.15, 0.2) is 12.1 Å². The van der Waals surface area contributed by atoms with Crippen molar-refractivity contribution < 1.29 is 36.2 Å². The van der Waals surface area contributed by atoms with Gasteiger partial charge in [-0.2, -0.15) is 15.2 Å². The third kappa shape index (κ3) is 4.82. The van der Waals surface area contributed by atoms with Crippen LogP contribution in [0.4, 0.5) is 32.8 Å². The fraction of sp³-hybridized carbons (Fsp3) is 0.469. The van der Waals surface area contributed by atoms with Gasteiger partial charge in [0.05, 0.1) is 52.0 Å². The Labute approximate surface area is 279 Å². The molecule has 2 unspecified atom stereocenters. The zero-order valence-corrected chi connectivity index (χ0v) is 26.8. The average molecular weight is 707 g/mol. The molecule has 4 aliphatic heterocycles. The number of nitriles is 1. The molecule has 252 valence electrons. The van der Waals surface area contributed by atoms with Crippen molar-refractivity contribution in [1.82, 2.24) is 14.9 Å². The first-order valence-electron chi connectivity index (χ1n) is 15.5. The maximum absolute atomic E-state index is 17.1. The highest BCUT2D eigenvalue weighted by molar-refractivity contribution is 7.23. The second kappa shape index (κ2) is 11.7. The quantitative estimate of drug-likeness (QED) is 0.234. The summed E-state index contributed by atoms with van der Waals surface area (Å²) in [5.74, 6) is -1.52. The molecular weight excluding hydrogens is 679 g/mol. The van der Waals surface area contributed by atoms with Gasteiger partial charge in [-0.15, -0.1) is 11.3 Å². The molecule has 0 aliphatic carbocycles. The van der Waals surface area contributed by atoms with E-state index in [1.165, 1.54) is 6.07 Å². The van der Waals surface area contributed by atoms with E-state index in [4.69, 9.17) is 31.5 Å². The number of benzene rings is 2. The lowest BCUT2D eigenvalue weighted by Crippen LogP contribution is -2.53. The zero-order chi connectivity index (χ0) is 33.5. The molecule has 6 heterocycles. The predicted molar refractivity (Wildman–Crippen MR) is 170 cm³/mol. The lowest BCUT2D eigenvalue weighted by atomic mass is 9.95. The molecular formula is C32H28ClF5N6O3S. The number of fused-ring (bicyclic) bond motifs is 4. The standard InChI is InChI=1S/C32H28ClF5N6O3S/c33-23-21(16-2-3-18(35)27-20(16)17(9-39)29(40)48-27)24(36)25-22-26(23)45-7-4-15-12-46-19(28(37)38)11-44(15)30(22)42-31(41-25)47-13-32-5-1-6-43(32)10-14(34)8-32/h2-3,14-15,19,28H,1,4-8,10-13,40H2/t14-,15?,19?,32+/m1/s1. The van der Waals surface area contributed by atoms with Gasteiger partial charge in [-0.1, -0.05) is 17.7 Å². The van der Waals surface area contributed by atoms with E-state index in [0.29, 0.717) is 19.4 Å². The van der Waals surface area contributed by atoms with E-state index in [0.717, 1.165) is 30.4 Å². The number of nitrogens with zero attached hydrogens (tertiary/aromatic N) is 5. The van der Waals surface area contributed by atoms with Gasteiger partial charge in [-0.3, -0.25) is 4.90 Å². The van der Waals surface area contributed by atoms with Crippen LogP contribution >= 0.6 is 22.9 Å². The molecule has 0 bridgehead atoms. The SMILES string of the molecule is N#Cc1c(N)sc2c(F)ccc(-c3c(Cl)c4c5c(nc(OC[C@@]67CCCN6C[C@H](F)C7)nc5c3F)N3CC(C(F)F)OCC3CCO4)c12. The fourth-order valence-corrected chi connectivity index (χ4v) is 8.99. The molecule has 16 heteroatoms. The van der Waals surface area contributed by atoms with E-state index in [-0.39, 0.29) is 98.1 Å². The van der Waals surface area contributed by atoms with Gasteiger partial charge < -0.3 is 24.8 Å². The number of nitrogen functional groups attached to an aromatic ring is 1. The first kappa shape index (κ1) is 31.6. The van der Waals surface area contributed by atoms with Crippen LogP contribution in [-0.2, 0) is 4.74 Å². The monoisotopic (exact) mass is 706 g/mol. The van der Waals surface area contributed by atoms with Crippen LogP contribution in [0.25, 0.3) is 32.1 Å². The van der Waals surface area contributed by atoms with Crippen LogP contribution in [0, 0.1) is 23.0 Å². The molecule has 3 fully saturated rings. The lowest BCUT2D eigenvalue weighted by molar-refractivity contribution is -0.0740. The molecule has 2 N–H and O–H groups in total. The van der Waals surface area contributed by atoms with E-state index in [1.54, 1.807) is 4.90 Å². The van der Waals surface area contributed by atoms with Gasteiger partial charge in [-0.25, -0.2) is 22.0 Å². The van der Waals surface area contributed by atoms with Crippen molar-refractivity contribution in [2.45, 2.75) is 56.0 Å². The maximum Gasteiger partial charge on any atom is 0.319 e. The summed E-state index contributed by atoms with van der Waals surface area (Å²) in [6.45, 7) is 0.807. The van der Waals surface area contributed by atoms with Gasteiger partial charge in [0.1, 0.15) is 47.1 Å². The van der Waals surface area contributed by atoms with Crippen molar-refractivity contribution in [2.75, 3.05) is 50.1 Å². The number of anilines is 2. The summed E-state index contributed by atoms with van der Waals surface area (Å²) in [4.78, 5) is 12.8. The third-order valence-electron chi connectivity index (χ3n) is 9.94. The van der Waals surface area contributed by atoms with Crippen molar-refractivity contribution in [1.29, 1.82) is 5.26 Å². The Kier molecular flexibility index (Phi) is 7.70. The van der Waals surface area contributed by atoms with E-state index < -0.39 is 41.9 Å². The highest BCUT2D eigenvalue weighted by atomic mass is 35.5. The summed E-state index contributed by atoms with van der Waals surface area (Å²) in [6.07, 6.45) is -3.08. The number of alkyl halides is 3. The first-order valence-corrected chi connectivity index (χ1v) is 16.7. The van der Waals surface area contributed by atoms with E-state index in [1.807, 2.05) is 11.0 Å². The van der Waals surface area contributed by atoms with Crippen molar-refractivity contribution in [3.63, 3.8) is 0 Å². The predicted octanol–water partition coefficient (Wildman–Crippen LogP) is 6.47. The number of aromatic nitrogens is 2. The molecule has 0 amide bonds. The van der Waals surface area contributed by atoms with Crippen LogP contribution in [0.5, 0.6) is 11.8 Å². The van der Waals surface area contributed by atoms with Crippen molar-refractivity contribution in [3.05, 3.63) is 34.4 Å². The highest BCUT2D eigenvalue weighted by Crippen LogP contribution is 2.51. The summed E-state index contributed by atoms with van der Waals surface area (Å²) in [7, 11) is 0. The first-order chi connectivity index (χ1) is 23.1. The topological polar surface area (TPSA) is 110 Å². The zero-order valence-electron chi connectivity index (χ0n) is 25.2. The second-order valence-corrected chi connectivity index (χ2v) is 14.1. The molecule has 0 radical (unpaired) electrons. The van der Waals surface area contributed by atoms with E-state index in [2.05, 4.69) is 9.97 Å². The van der Waals surface area contributed by atoms with Crippen LogP contribution in [0.1, 0.15) is 31.2 Å². The number of rotatable bonds is 5. The number of nitrogens with two attached hydrogens (primary N) is 1. The average Bonchev–Trinajstić information content (AvgIpc) is 3.70. The van der Waals surface area contributed by atoms with Crippen LogP contribution in [0.3, 0.4) is 0 Å². The van der Waals surface area contributed by atoms with Crippen molar-refractivity contribution in [2.24, 2.45) is 0 Å². The summed E-state index contributed by atoms with van der Waals surface area (Å²) in [6, 6.07) is 3.74. The lowest BCUT2D eigenvalue weighted by Gasteiger charge is -2.41. The Morgan fingerprint density at radius 2 is 2.06 bits per heavy atom. The Morgan fingerprint density at radius 1 is 1.23 bits per heavy atom. The molecule has 9 nitrogen and oxygen atoms in total. The van der Waals surface area contributed by atoms with Crippen molar-refractivity contribution >= 4 is 54.7 Å². The fourth-order valence-electron chi connectivity index (χ4n) is 7.70. The number of halogens is 6. The minimum absolute atomic E-state index is 0.000958. The number of hydrogen-bond donors (Lipinski definition) is 1. The van der Waals surface area contributed by atoms with E-state index >= 15 is 4.39 Å². The molecule has 0 spiro atoms. The molecule has 48 heavy (non-hydrogen) atoms.